The monoisotopic (exact) mass is 393 g/mol. The first-order valence-electron chi connectivity index (χ1n) is 9.05. The van der Waals surface area contributed by atoms with E-state index in [0.717, 1.165) is 10.9 Å². The second-order valence-corrected chi connectivity index (χ2v) is 6.56. The SMILES string of the molecule is COc1ccc(C)c2cc(CCNC(=O)c3cc(-c4ccco4)on3)c(=O)[nH]c12. The Kier molecular flexibility index (Phi) is 4.90. The normalized spacial score (nSPS) is 11.0. The van der Waals surface area contributed by atoms with Gasteiger partial charge in [0.1, 0.15) is 5.75 Å². The summed E-state index contributed by atoms with van der Waals surface area (Å²) in [6.45, 7) is 2.24. The molecule has 0 aliphatic heterocycles. The fraction of sp³-hybridized carbons (Fsp3) is 0.190. The van der Waals surface area contributed by atoms with Gasteiger partial charge >= 0.3 is 0 Å². The molecule has 4 aromatic rings. The zero-order valence-electron chi connectivity index (χ0n) is 15.9. The highest BCUT2D eigenvalue weighted by Crippen LogP contribution is 2.26. The predicted octanol–water partition coefficient (Wildman–Crippen LogP) is 3.07. The number of nitrogens with zero attached hydrogens (tertiary/aromatic N) is 1. The Balaban J connectivity index is 1.46. The first-order chi connectivity index (χ1) is 14.1. The molecule has 4 rings (SSSR count). The van der Waals surface area contributed by atoms with Crippen molar-refractivity contribution < 1.29 is 18.5 Å². The van der Waals surface area contributed by atoms with E-state index < -0.39 is 0 Å². The molecule has 0 saturated heterocycles. The molecule has 3 heterocycles. The van der Waals surface area contributed by atoms with E-state index in [-0.39, 0.29) is 23.7 Å². The van der Waals surface area contributed by atoms with Gasteiger partial charge in [-0.05, 0) is 43.2 Å². The Morgan fingerprint density at radius 1 is 1.24 bits per heavy atom. The lowest BCUT2D eigenvalue weighted by Gasteiger charge is -2.10. The van der Waals surface area contributed by atoms with Crippen molar-refractivity contribution in [3.63, 3.8) is 0 Å². The van der Waals surface area contributed by atoms with Crippen LogP contribution < -0.4 is 15.6 Å². The van der Waals surface area contributed by atoms with Crippen LogP contribution in [0.25, 0.3) is 22.4 Å². The van der Waals surface area contributed by atoms with E-state index >= 15 is 0 Å². The number of aromatic amines is 1. The van der Waals surface area contributed by atoms with E-state index in [1.807, 2.05) is 25.1 Å². The maximum atomic E-state index is 12.4. The average molecular weight is 393 g/mol. The van der Waals surface area contributed by atoms with Gasteiger partial charge in [-0.2, -0.15) is 0 Å². The van der Waals surface area contributed by atoms with Crippen LogP contribution in [0.15, 0.2) is 56.4 Å². The summed E-state index contributed by atoms with van der Waals surface area (Å²) in [7, 11) is 1.56. The molecule has 1 aromatic carbocycles. The molecule has 0 bridgehead atoms. The molecule has 29 heavy (non-hydrogen) atoms. The van der Waals surface area contributed by atoms with Gasteiger partial charge < -0.3 is 24.0 Å². The third kappa shape index (κ3) is 3.64. The number of amides is 1. The maximum Gasteiger partial charge on any atom is 0.273 e. The van der Waals surface area contributed by atoms with Crippen molar-refractivity contribution in [2.75, 3.05) is 13.7 Å². The van der Waals surface area contributed by atoms with Crippen molar-refractivity contribution in [3.05, 3.63) is 69.8 Å². The molecule has 2 N–H and O–H groups in total. The first-order valence-corrected chi connectivity index (χ1v) is 9.05. The topological polar surface area (TPSA) is 110 Å². The van der Waals surface area contributed by atoms with Crippen molar-refractivity contribution in [2.24, 2.45) is 0 Å². The quantitative estimate of drug-likeness (QED) is 0.521. The summed E-state index contributed by atoms with van der Waals surface area (Å²) >= 11 is 0. The van der Waals surface area contributed by atoms with Gasteiger partial charge in [-0.15, -0.1) is 0 Å². The molecule has 0 aliphatic carbocycles. The van der Waals surface area contributed by atoms with Crippen molar-refractivity contribution in [2.45, 2.75) is 13.3 Å². The van der Waals surface area contributed by atoms with Crippen LogP contribution in [-0.4, -0.2) is 29.7 Å². The number of hydrogen-bond donors (Lipinski definition) is 2. The van der Waals surface area contributed by atoms with Crippen LogP contribution in [0.5, 0.6) is 5.75 Å². The first kappa shape index (κ1) is 18.5. The van der Waals surface area contributed by atoms with Gasteiger partial charge in [0, 0.05) is 23.6 Å². The number of furan rings is 1. The zero-order valence-corrected chi connectivity index (χ0v) is 15.9. The molecular formula is C21H19N3O5. The fourth-order valence-corrected chi connectivity index (χ4v) is 3.13. The van der Waals surface area contributed by atoms with Crippen LogP contribution in [-0.2, 0) is 6.42 Å². The number of fused-ring (bicyclic) bond motifs is 1. The summed E-state index contributed by atoms with van der Waals surface area (Å²) in [5, 5.41) is 7.41. The Morgan fingerprint density at radius 2 is 2.10 bits per heavy atom. The van der Waals surface area contributed by atoms with Gasteiger partial charge in [0.25, 0.3) is 11.5 Å². The maximum absolute atomic E-state index is 12.4. The molecule has 0 fully saturated rings. The average Bonchev–Trinajstić information content (AvgIpc) is 3.41. The smallest absolute Gasteiger partial charge is 0.273 e. The van der Waals surface area contributed by atoms with Crippen molar-refractivity contribution in [1.82, 2.24) is 15.5 Å². The van der Waals surface area contributed by atoms with Gasteiger partial charge in [0.05, 0.1) is 18.9 Å². The second-order valence-electron chi connectivity index (χ2n) is 6.56. The molecule has 8 heteroatoms. The van der Waals surface area contributed by atoms with Crippen LogP contribution in [0.3, 0.4) is 0 Å². The van der Waals surface area contributed by atoms with E-state index in [1.54, 1.807) is 19.2 Å². The standard InChI is InChI=1S/C21H19N3O5/c1-12-5-6-17(27-2)19-14(12)10-13(20(25)23-19)7-8-22-21(26)15-11-18(29-24-15)16-4-3-9-28-16/h3-6,9-11H,7-8H2,1-2H3,(H,22,26)(H,23,25). The Bertz CT molecular complexity index is 1220. The molecule has 0 aliphatic rings. The number of carbonyl (C=O) groups is 1. The number of carbonyl (C=O) groups excluding carboxylic acids is 1. The number of rotatable bonds is 6. The van der Waals surface area contributed by atoms with Gasteiger partial charge in [0.15, 0.2) is 11.5 Å². The van der Waals surface area contributed by atoms with Crippen LogP contribution >= 0.6 is 0 Å². The van der Waals surface area contributed by atoms with E-state index in [0.29, 0.717) is 34.8 Å². The summed E-state index contributed by atoms with van der Waals surface area (Å²) in [5.74, 6) is 1.09. The molecule has 0 spiro atoms. The van der Waals surface area contributed by atoms with Gasteiger partial charge in [0.2, 0.25) is 5.76 Å². The van der Waals surface area contributed by atoms with E-state index in [2.05, 4.69) is 15.5 Å². The minimum Gasteiger partial charge on any atom is -0.495 e. The number of benzene rings is 1. The number of H-pyrrole nitrogens is 1. The lowest BCUT2D eigenvalue weighted by atomic mass is 10.1. The number of hydrogen-bond acceptors (Lipinski definition) is 6. The molecule has 1 amide bonds. The van der Waals surface area contributed by atoms with E-state index in [9.17, 15) is 9.59 Å². The van der Waals surface area contributed by atoms with Crippen molar-refractivity contribution in [3.8, 4) is 17.3 Å². The van der Waals surface area contributed by atoms with Gasteiger partial charge in [-0.25, -0.2) is 0 Å². The molecule has 0 atom stereocenters. The summed E-state index contributed by atoms with van der Waals surface area (Å²) in [6.07, 6.45) is 1.88. The minimum absolute atomic E-state index is 0.143. The highest BCUT2D eigenvalue weighted by atomic mass is 16.5. The molecule has 0 unspecified atom stereocenters. The van der Waals surface area contributed by atoms with Crippen LogP contribution in [0, 0.1) is 6.92 Å². The highest BCUT2D eigenvalue weighted by molar-refractivity contribution is 5.93. The minimum atomic E-state index is -0.387. The lowest BCUT2D eigenvalue weighted by Crippen LogP contribution is -2.27. The largest absolute Gasteiger partial charge is 0.495 e. The van der Waals surface area contributed by atoms with Crippen molar-refractivity contribution in [1.29, 1.82) is 0 Å². The van der Waals surface area contributed by atoms with E-state index in [1.165, 1.54) is 12.3 Å². The number of nitrogens with one attached hydrogen (secondary N) is 2. The summed E-state index contributed by atoms with van der Waals surface area (Å²) in [6, 6.07) is 10.5. The van der Waals surface area contributed by atoms with Crippen LogP contribution in [0.4, 0.5) is 0 Å². The van der Waals surface area contributed by atoms with Gasteiger partial charge in [-0.1, -0.05) is 11.2 Å². The molecule has 148 valence electrons. The van der Waals surface area contributed by atoms with Gasteiger partial charge in [-0.3, -0.25) is 9.59 Å². The third-order valence-corrected chi connectivity index (χ3v) is 4.68. The molecular weight excluding hydrogens is 374 g/mol. The highest BCUT2D eigenvalue weighted by Gasteiger charge is 2.15. The Hall–Kier alpha value is -3.81. The molecule has 3 aromatic heterocycles. The van der Waals surface area contributed by atoms with Crippen LogP contribution in [0.1, 0.15) is 21.6 Å². The number of aromatic nitrogens is 2. The summed E-state index contributed by atoms with van der Waals surface area (Å²) in [4.78, 5) is 27.6. The molecule has 0 saturated carbocycles. The van der Waals surface area contributed by atoms with E-state index in [4.69, 9.17) is 13.7 Å². The molecule has 0 radical (unpaired) electrons. The number of aryl methyl sites for hydroxylation is 1. The Labute approximate surface area is 165 Å². The molecule has 8 nitrogen and oxygen atoms in total. The zero-order chi connectivity index (χ0) is 20.4. The van der Waals surface area contributed by atoms with Crippen molar-refractivity contribution >= 4 is 16.8 Å². The lowest BCUT2D eigenvalue weighted by molar-refractivity contribution is 0.0945. The summed E-state index contributed by atoms with van der Waals surface area (Å²) in [5.41, 5.74) is 2.20. The number of pyridine rings is 1. The summed E-state index contributed by atoms with van der Waals surface area (Å²) < 4.78 is 15.7. The predicted molar refractivity (Wildman–Crippen MR) is 106 cm³/mol. The van der Waals surface area contributed by atoms with Crippen LogP contribution in [0.2, 0.25) is 0 Å². The fourth-order valence-electron chi connectivity index (χ4n) is 3.13. The second kappa shape index (κ2) is 7.67. The number of methoxy groups -OCH3 is 1. The number of ether oxygens (including phenoxy) is 1. The Morgan fingerprint density at radius 3 is 2.86 bits per heavy atom. The third-order valence-electron chi connectivity index (χ3n) is 4.68.